The van der Waals surface area contributed by atoms with Gasteiger partial charge in [0, 0.05) is 0 Å². The standard InChI is InChI=1S/CN5O2.Hg/c7-6(8)1-2-4-5-3-1;/q-1;+1. The molecule has 0 spiro atoms. The molecule has 0 saturated heterocycles. The molecule has 0 radical (unpaired) electrons. The minimum absolute atomic E-state index is 0.0478. The fraction of sp³-hybridized carbons (Fsp3) is 0. The quantitative estimate of drug-likeness (QED) is 0.373. The molecule has 0 bridgehead atoms. The summed E-state index contributed by atoms with van der Waals surface area (Å²) < 4.78 is 1.18. The van der Waals surface area contributed by atoms with Gasteiger partial charge in [-0.25, -0.2) is 0 Å². The molecule has 8 heteroatoms. The van der Waals surface area contributed by atoms with Gasteiger partial charge < -0.3 is 0 Å². The first-order valence-electron chi connectivity index (χ1n) is 1.95. The van der Waals surface area contributed by atoms with Gasteiger partial charge in [0.25, 0.3) is 0 Å². The summed E-state index contributed by atoms with van der Waals surface area (Å²) in [6.45, 7) is 0. The molecule has 1 aromatic rings. The van der Waals surface area contributed by atoms with Gasteiger partial charge in [0.1, 0.15) is 0 Å². The molecule has 1 aromatic heterocycles. The average Bonchev–Trinajstić information content (AvgIpc) is 2.13. The Bertz CT molecular complexity index is 231. The van der Waals surface area contributed by atoms with E-state index in [9.17, 15) is 10.1 Å². The van der Waals surface area contributed by atoms with Crippen molar-refractivity contribution in [1.82, 2.24) is 18.0 Å². The second kappa shape index (κ2) is 2.34. The summed E-state index contributed by atoms with van der Waals surface area (Å²) in [6, 6.07) is 0. The van der Waals surface area contributed by atoms with Crippen molar-refractivity contribution in [1.29, 1.82) is 0 Å². The molecule has 0 fully saturated rings. The zero-order valence-corrected chi connectivity index (χ0v) is 9.76. The topological polar surface area (TPSA) is 86.7 Å². The Labute approximate surface area is 65.6 Å². The maximum absolute atomic E-state index is 9.96. The zero-order chi connectivity index (χ0) is 6.85. The third-order valence-electron chi connectivity index (χ3n) is 0.676. The van der Waals surface area contributed by atoms with Gasteiger partial charge in [-0.15, -0.1) is 0 Å². The van der Waals surface area contributed by atoms with Crippen molar-refractivity contribution in [3.8, 4) is 0 Å². The van der Waals surface area contributed by atoms with E-state index >= 15 is 0 Å². The summed E-state index contributed by atoms with van der Waals surface area (Å²) in [5.41, 5.74) is 0. The van der Waals surface area contributed by atoms with Crippen LogP contribution in [0.5, 0.6) is 0 Å². The Balaban J connectivity index is 3.08. The van der Waals surface area contributed by atoms with E-state index in [1.165, 1.54) is 2.45 Å². The van der Waals surface area contributed by atoms with Crippen LogP contribution in [0.3, 0.4) is 0 Å². The molecule has 0 aliphatic carbocycles. The third kappa shape index (κ3) is 1.20. The Morgan fingerprint density at radius 1 is 1.78 bits per heavy atom. The summed E-state index contributed by atoms with van der Waals surface area (Å²) in [4.78, 5) is 9.35. The fourth-order valence-electron chi connectivity index (χ4n) is 0.331. The second-order valence-corrected chi connectivity index (χ2v) is 3.56. The van der Waals surface area contributed by atoms with Crippen molar-refractivity contribution < 1.29 is 31.3 Å². The van der Waals surface area contributed by atoms with Crippen LogP contribution < -0.4 is 0 Å². The van der Waals surface area contributed by atoms with Gasteiger partial charge in [0.2, 0.25) is 0 Å². The van der Waals surface area contributed by atoms with E-state index in [0.29, 0.717) is 0 Å². The summed E-state index contributed by atoms with van der Waals surface area (Å²) in [5, 5.41) is 19.6. The third-order valence-corrected chi connectivity index (χ3v) is 2.27. The first-order chi connectivity index (χ1) is 4.22. The van der Waals surface area contributed by atoms with Crippen LogP contribution in [-0.2, 0) is 26.4 Å². The van der Waals surface area contributed by atoms with Crippen LogP contribution in [0.2, 0.25) is 0 Å². The number of hydrogen-bond donors (Lipinski definition) is 0. The SMILES string of the molecule is O=[N+]([O-])c1nnn[n]1[Hg]. The monoisotopic (exact) mass is 316 g/mol. The van der Waals surface area contributed by atoms with E-state index in [0.717, 1.165) is 0 Å². The van der Waals surface area contributed by atoms with Gasteiger partial charge in [-0.1, -0.05) is 0 Å². The van der Waals surface area contributed by atoms with Crippen LogP contribution in [0, 0.1) is 10.1 Å². The van der Waals surface area contributed by atoms with Crippen molar-refractivity contribution in [3.05, 3.63) is 10.1 Å². The molecule has 0 aliphatic rings. The van der Waals surface area contributed by atoms with Crippen LogP contribution in [-0.4, -0.2) is 22.9 Å². The zero-order valence-electron chi connectivity index (χ0n) is 4.26. The number of nitrogens with zero attached hydrogens (tertiary/aromatic N) is 5. The maximum atomic E-state index is 9.96. The molecule has 1 rings (SSSR count). The molecule has 1 heterocycles. The van der Waals surface area contributed by atoms with Crippen LogP contribution in [0.4, 0.5) is 5.95 Å². The molecule has 0 aromatic carbocycles. The van der Waals surface area contributed by atoms with E-state index in [-0.39, 0.29) is 32.4 Å². The van der Waals surface area contributed by atoms with E-state index < -0.39 is 4.92 Å². The number of rotatable bonds is 1. The summed E-state index contributed by atoms with van der Waals surface area (Å²) in [6.07, 6.45) is 0. The van der Waals surface area contributed by atoms with Crippen molar-refractivity contribution in [3.63, 3.8) is 0 Å². The Hall–Kier alpha value is -0.595. The van der Waals surface area contributed by atoms with Gasteiger partial charge in [0.15, 0.2) is 0 Å². The summed E-state index contributed by atoms with van der Waals surface area (Å²) >= 11 is 0.0478. The van der Waals surface area contributed by atoms with Crippen LogP contribution >= 0.6 is 0 Å². The average molecular weight is 315 g/mol. The molecule has 0 N–H and O–H groups in total. The molecule has 0 unspecified atom stereocenters. The molecular weight excluding hydrogens is 315 g/mol. The minimum atomic E-state index is -0.604. The molecule has 9 heavy (non-hydrogen) atoms. The van der Waals surface area contributed by atoms with Crippen molar-refractivity contribution in [2.45, 2.75) is 0 Å². The van der Waals surface area contributed by atoms with Gasteiger partial charge in [-0.2, -0.15) is 0 Å². The predicted molar refractivity (Wildman–Crippen MR) is 19.9 cm³/mol. The van der Waals surface area contributed by atoms with Gasteiger partial charge in [-0.05, 0) is 0 Å². The molecule has 43 valence electrons. The van der Waals surface area contributed by atoms with E-state index in [1.807, 2.05) is 0 Å². The first kappa shape index (κ1) is 6.52. The Morgan fingerprint density at radius 2 is 2.44 bits per heavy atom. The first-order valence-corrected chi connectivity index (χ1v) is 4.41. The Kier molecular flexibility index (Phi) is 1.69. The Morgan fingerprint density at radius 3 is 2.67 bits per heavy atom. The normalized spacial score (nSPS) is 9.56. The molecule has 0 amide bonds. The second-order valence-electron chi connectivity index (χ2n) is 1.24. The number of tetrazole rings is 1. The molecule has 0 aliphatic heterocycles. The number of nitro groups is 1. The van der Waals surface area contributed by atoms with Crippen molar-refractivity contribution >= 4 is 5.95 Å². The molecular formula is CHgN5O2. The van der Waals surface area contributed by atoms with Crippen molar-refractivity contribution in [2.75, 3.05) is 0 Å². The number of hydrogen-bond acceptors (Lipinski definition) is 5. The van der Waals surface area contributed by atoms with Crippen LogP contribution in [0.15, 0.2) is 0 Å². The molecule has 7 nitrogen and oxygen atoms in total. The van der Waals surface area contributed by atoms with Gasteiger partial charge in [-0.3, -0.25) is 0 Å². The predicted octanol–water partition coefficient (Wildman–Crippen LogP) is -1.11. The van der Waals surface area contributed by atoms with Gasteiger partial charge >= 0.3 is 65.4 Å². The van der Waals surface area contributed by atoms with Crippen molar-refractivity contribution in [2.24, 2.45) is 0 Å². The van der Waals surface area contributed by atoms with Crippen LogP contribution in [0.1, 0.15) is 0 Å². The van der Waals surface area contributed by atoms with Crippen LogP contribution in [0.25, 0.3) is 0 Å². The number of aromatic nitrogens is 4. The van der Waals surface area contributed by atoms with E-state index in [2.05, 4.69) is 15.5 Å². The fourth-order valence-corrected chi connectivity index (χ4v) is 1.25. The molecule has 0 atom stereocenters. The summed E-state index contributed by atoms with van der Waals surface area (Å²) in [7, 11) is 0. The van der Waals surface area contributed by atoms with Gasteiger partial charge in [0.05, 0.1) is 0 Å². The summed E-state index contributed by atoms with van der Waals surface area (Å²) in [5.74, 6) is -0.265. The van der Waals surface area contributed by atoms with E-state index in [1.54, 1.807) is 0 Å². The molecule has 0 saturated carbocycles. The van der Waals surface area contributed by atoms with E-state index in [4.69, 9.17) is 0 Å².